The molecular formula is C46H32N2. The van der Waals surface area contributed by atoms with Crippen LogP contribution in [0.1, 0.15) is 0 Å². The lowest BCUT2D eigenvalue weighted by molar-refractivity contribution is 1.18. The molecule has 48 heavy (non-hydrogen) atoms. The zero-order valence-electron chi connectivity index (χ0n) is 26.4. The number of aromatic nitrogens is 1. The molecule has 0 N–H and O–H groups in total. The lowest BCUT2D eigenvalue weighted by atomic mass is 9.93. The molecule has 0 atom stereocenters. The zero-order chi connectivity index (χ0) is 31.9. The maximum absolute atomic E-state index is 2.46. The summed E-state index contributed by atoms with van der Waals surface area (Å²) in [6, 6.07) is 69.8. The van der Waals surface area contributed by atoms with Crippen LogP contribution < -0.4 is 4.90 Å². The van der Waals surface area contributed by atoms with Crippen molar-refractivity contribution in [1.29, 1.82) is 0 Å². The number of anilines is 3. The van der Waals surface area contributed by atoms with E-state index in [2.05, 4.69) is 204 Å². The van der Waals surface area contributed by atoms with E-state index in [-0.39, 0.29) is 0 Å². The largest absolute Gasteiger partial charge is 0.311 e. The van der Waals surface area contributed by atoms with Gasteiger partial charge in [-0.1, -0.05) is 133 Å². The number of hydrogen-bond donors (Lipinski definition) is 0. The molecule has 0 saturated carbocycles. The van der Waals surface area contributed by atoms with Crippen LogP contribution in [-0.4, -0.2) is 4.57 Å². The van der Waals surface area contributed by atoms with Crippen molar-refractivity contribution in [3.63, 3.8) is 0 Å². The van der Waals surface area contributed by atoms with Gasteiger partial charge in [-0.15, -0.1) is 0 Å². The van der Waals surface area contributed by atoms with Gasteiger partial charge in [-0.3, -0.25) is 0 Å². The molecule has 0 radical (unpaired) electrons. The van der Waals surface area contributed by atoms with Gasteiger partial charge in [0.05, 0.1) is 11.0 Å². The minimum Gasteiger partial charge on any atom is -0.311 e. The van der Waals surface area contributed by atoms with E-state index in [0.717, 1.165) is 22.7 Å². The summed E-state index contributed by atoms with van der Waals surface area (Å²) in [6.07, 6.45) is 0. The van der Waals surface area contributed by atoms with Crippen molar-refractivity contribution < 1.29 is 0 Å². The number of para-hydroxylation sites is 3. The molecule has 2 heteroatoms. The van der Waals surface area contributed by atoms with Crippen LogP contribution in [-0.2, 0) is 0 Å². The average molecular weight is 613 g/mol. The Labute approximate surface area is 280 Å². The molecule has 1 heterocycles. The predicted octanol–water partition coefficient (Wildman–Crippen LogP) is 12.7. The van der Waals surface area contributed by atoms with E-state index >= 15 is 0 Å². The normalized spacial score (nSPS) is 11.3. The number of rotatable bonds is 6. The highest BCUT2D eigenvalue weighted by Crippen LogP contribution is 2.43. The number of nitrogens with zero attached hydrogens (tertiary/aromatic N) is 2. The molecule has 0 fully saturated rings. The van der Waals surface area contributed by atoms with Crippen molar-refractivity contribution in [2.45, 2.75) is 0 Å². The van der Waals surface area contributed by atoms with Crippen LogP contribution in [0.25, 0.3) is 60.5 Å². The maximum atomic E-state index is 2.46. The van der Waals surface area contributed by atoms with Gasteiger partial charge in [0.25, 0.3) is 0 Å². The SMILES string of the molecule is c1ccc(-c2ccc(-c3c4ccccc4cc4c5ccccc5n(-c5ccc(N(c6ccccc6)c6ccccc6)cc5)c34)cc2)cc1. The average Bonchev–Trinajstić information content (AvgIpc) is 3.49. The molecule has 1 aromatic heterocycles. The molecule has 0 spiro atoms. The first-order chi connectivity index (χ1) is 23.8. The predicted molar refractivity (Wildman–Crippen MR) is 204 cm³/mol. The Kier molecular flexibility index (Phi) is 6.84. The quantitative estimate of drug-likeness (QED) is 0.181. The van der Waals surface area contributed by atoms with Crippen molar-refractivity contribution in [3.8, 4) is 27.9 Å². The Morgan fingerprint density at radius 2 is 0.854 bits per heavy atom. The molecule has 0 saturated heterocycles. The summed E-state index contributed by atoms with van der Waals surface area (Å²) in [5.74, 6) is 0. The second-order valence-electron chi connectivity index (χ2n) is 12.2. The number of hydrogen-bond acceptors (Lipinski definition) is 1. The number of benzene rings is 8. The minimum absolute atomic E-state index is 1.11. The fraction of sp³-hybridized carbons (Fsp3) is 0. The summed E-state index contributed by atoms with van der Waals surface area (Å²) in [6.45, 7) is 0. The summed E-state index contributed by atoms with van der Waals surface area (Å²) in [7, 11) is 0. The van der Waals surface area contributed by atoms with E-state index in [1.807, 2.05) is 0 Å². The van der Waals surface area contributed by atoms with E-state index in [4.69, 9.17) is 0 Å². The minimum atomic E-state index is 1.11. The van der Waals surface area contributed by atoms with Gasteiger partial charge in [-0.25, -0.2) is 0 Å². The molecule has 0 aliphatic carbocycles. The van der Waals surface area contributed by atoms with E-state index in [0.29, 0.717) is 0 Å². The Bertz CT molecular complexity index is 2470. The monoisotopic (exact) mass is 612 g/mol. The molecule has 0 unspecified atom stereocenters. The first-order valence-corrected chi connectivity index (χ1v) is 16.4. The summed E-state index contributed by atoms with van der Waals surface area (Å²) < 4.78 is 2.46. The van der Waals surface area contributed by atoms with Crippen LogP contribution in [0.5, 0.6) is 0 Å². The second kappa shape index (κ2) is 11.8. The van der Waals surface area contributed by atoms with Crippen LogP contribution in [0.3, 0.4) is 0 Å². The Morgan fingerprint density at radius 3 is 1.52 bits per heavy atom. The van der Waals surface area contributed by atoms with E-state index in [1.54, 1.807) is 0 Å². The molecule has 8 aromatic carbocycles. The van der Waals surface area contributed by atoms with Crippen molar-refractivity contribution in [3.05, 3.63) is 194 Å². The maximum Gasteiger partial charge on any atom is 0.0625 e. The van der Waals surface area contributed by atoms with Crippen LogP contribution in [0.2, 0.25) is 0 Å². The van der Waals surface area contributed by atoms with Gasteiger partial charge in [0.15, 0.2) is 0 Å². The van der Waals surface area contributed by atoms with E-state index in [9.17, 15) is 0 Å². The molecule has 9 aromatic rings. The van der Waals surface area contributed by atoms with Gasteiger partial charge in [0.2, 0.25) is 0 Å². The lowest BCUT2D eigenvalue weighted by Gasteiger charge is -2.25. The van der Waals surface area contributed by atoms with Gasteiger partial charge in [0, 0.05) is 39.1 Å². The lowest BCUT2D eigenvalue weighted by Crippen LogP contribution is -2.09. The van der Waals surface area contributed by atoms with Crippen LogP contribution >= 0.6 is 0 Å². The molecule has 0 bridgehead atoms. The van der Waals surface area contributed by atoms with Crippen molar-refractivity contribution in [2.24, 2.45) is 0 Å². The van der Waals surface area contributed by atoms with Gasteiger partial charge in [0.1, 0.15) is 0 Å². The highest BCUT2D eigenvalue weighted by atomic mass is 15.1. The first kappa shape index (κ1) is 27.9. The molecule has 2 nitrogen and oxygen atoms in total. The number of fused-ring (bicyclic) bond motifs is 4. The van der Waals surface area contributed by atoms with E-state index in [1.165, 1.54) is 54.8 Å². The molecule has 226 valence electrons. The second-order valence-corrected chi connectivity index (χ2v) is 12.2. The highest BCUT2D eigenvalue weighted by Gasteiger charge is 2.20. The Hall–Kier alpha value is -6.38. The Morgan fingerprint density at radius 1 is 0.354 bits per heavy atom. The third-order valence-electron chi connectivity index (χ3n) is 9.36. The third kappa shape index (κ3) is 4.74. The van der Waals surface area contributed by atoms with Crippen LogP contribution in [0.15, 0.2) is 194 Å². The zero-order valence-corrected chi connectivity index (χ0v) is 26.4. The molecular weight excluding hydrogens is 581 g/mol. The highest BCUT2D eigenvalue weighted by molar-refractivity contribution is 6.21. The van der Waals surface area contributed by atoms with Gasteiger partial charge in [-0.05, 0) is 88.1 Å². The van der Waals surface area contributed by atoms with E-state index < -0.39 is 0 Å². The van der Waals surface area contributed by atoms with Crippen LogP contribution in [0, 0.1) is 0 Å². The third-order valence-corrected chi connectivity index (χ3v) is 9.36. The van der Waals surface area contributed by atoms with Crippen molar-refractivity contribution >= 4 is 49.6 Å². The molecule has 0 aliphatic heterocycles. The molecule has 9 rings (SSSR count). The summed E-state index contributed by atoms with van der Waals surface area (Å²) in [4.78, 5) is 2.31. The molecule has 0 aliphatic rings. The standard InChI is InChI=1S/C46H32N2/c1-4-14-33(15-5-1)34-24-26-35(27-25-34)45-41-21-11-10-16-36(41)32-43-42-22-12-13-23-44(42)48(46(43)45)40-30-28-39(29-31-40)47(37-17-6-2-7-18-37)38-19-8-3-9-20-38/h1-32H. The smallest absolute Gasteiger partial charge is 0.0625 e. The van der Waals surface area contributed by atoms with Crippen molar-refractivity contribution in [2.75, 3.05) is 4.90 Å². The molecule has 0 amide bonds. The van der Waals surface area contributed by atoms with Gasteiger partial charge < -0.3 is 9.47 Å². The summed E-state index contributed by atoms with van der Waals surface area (Å²) in [5, 5.41) is 5.00. The fourth-order valence-corrected chi connectivity index (χ4v) is 7.16. The van der Waals surface area contributed by atoms with Gasteiger partial charge >= 0.3 is 0 Å². The van der Waals surface area contributed by atoms with Crippen molar-refractivity contribution in [1.82, 2.24) is 4.57 Å². The Balaban J connectivity index is 1.27. The fourth-order valence-electron chi connectivity index (χ4n) is 7.16. The first-order valence-electron chi connectivity index (χ1n) is 16.4. The summed E-state index contributed by atoms with van der Waals surface area (Å²) >= 11 is 0. The summed E-state index contributed by atoms with van der Waals surface area (Å²) in [5.41, 5.74) is 11.8. The van der Waals surface area contributed by atoms with Gasteiger partial charge in [-0.2, -0.15) is 0 Å². The van der Waals surface area contributed by atoms with Crippen LogP contribution in [0.4, 0.5) is 17.1 Å². The topological polar surface area (TPSA) is 8.17 Å².